The summed E-state index contributed by atoms with van der Waals surface area (Å²) in [6.07, 6.45) is 7.54. The molecule has 7 heteroatoms. The van der Waals surface area contributed by atoms with E-state index in [-0.39, 0.29) is 17.8 Å². The molecule has 2 aromatic heterocycles. The van der Waals surface area contributed by atoms with Gasteiger partial charge < -0.3 is 10.1 Å². The van der Waals surface area contributed by atoms with E-state index in [1.807, 2.05) is 6.07 Å². The summed E-state index contributed by atoms with van der Waals surface area (Å²) < 4.78 is 19.3. The van der Waals surface area contributed by atoms with Gasteiger partial charge in [0.25, 0.3) is 5.91 Å². The summed E-state index contributed by atoms with van der Waals surface area (Å²) in [6.45, 7) is 0. The van der Waals surface area contributed by atoms with Crippen molar-refractivity contribution in [2.24, 2.45) is 0 Å². The Morgan fingerprint density at radius 1 is 1.16 bits per heavy atom. The summed E-state index contributed by atoms with van der Waals surface area (Å²) in [5.41, 5.74) is 2.92. The number of rotatable bonds is 5. The van der Waals surface area contributed by atoms with Crippen LogP contribution in [0.2, 0.25) is 5.02 Å². The van der Waals surface area contributed by atoms with Crippen molar-refractivity contribution in [3.8, 4) is 5.75 Å². The largest absolute Gasteiger partial charge is 0.484 e. The second kappa shape index (κ2) is 7.93. The van der Waals surface area contributed by atoms with Crippen LogP contribution in [0.3, 0.4) is 0 Å². The van der Waals surface area contributed by atoms with E-state index in [4.69, 9.17) is 21.3 Å². The molecule has 1 saturated carbocycles. The number of halogens is 2. The number of benzene rings is 1. The molecule has 0 saturated heterocycles. The van der Waals surface area contributed by atoms with Crippen LogP contribution in [-0.2, 0) is 12.0 Å². The van der Waals surface area contributed by atoms with Gasteiger partial charge in [-0.15, -0.1) is 0 Å². The quantitative estimate of drug-likeness (QED) is 0.600. The van der Waals surface area contributed by atoms with E-state index in [2.05, 4.69) is 16.4 Å². The molecular weight excluding hydrogens is 417 g/mol. The lowest BCUT2D eigenvalue weighted by Crippen LogP contribution is -2.36. The molecule has 0 radical (unpaired) electrons. The van der Waals surface area contributed by atoms with Crippen LogP contribution in [0.15, 0.2) is 54.9 Å². The molecule has 1 fully saturated rings. The Labute approximate surface area is 184 Å². The van der Waals surface area contributed by atoms with E-state index in [0.717, 1.165) is 49.1 Å². The third-order valence-electron chi connectivity index (χ3n) is 5.89. The Morgan fingerprint density at radius 3 is 2.71 bits per heavy atom. The number of nitrogens with zero attached hydrogens (tertiary/aromatic N) is 2. The Balaban J connectivity index is 1.36. The SMILES string of the molecule is O=C(NC1(c2ccc3c(n2)CCCC3Oc2cncc(Cl)c2)CC1)c1ccc(F)cc1. The van der Waals surface area contributed by atoms with Gasteiger partial charge in [-0.05, 0) is 62.4 Å². The lowest BCUT2D eigenvalue weighted by atomic mass is 9.92. The highest BCUT2D eigenvalue weighted by Crippen LogP contribution is 2.46. The number of pyridine rings is 2. The van der Waals surface area contributed by atoms with Crippen molar-refractivity contribution in [3.05, 3.63) is 88.2 Å². The molecule has 5 rings (SSSR count). The van der Waals surface area contributed by atoms with E-state index in [0.29, 0.717) is 16.3 Å². The Bertz CT molecular complexity index is 1130. The molecule has 1 atom stereocenters. The first-order valence-electron chi connectivity index (χ1n) is 10.4. The molecule has 1 N–H and O–H groups in total. The number of ether oxygens (including phenoxy) is 1. The minimum absolute atomic E-state index is 0.102. The number of aryl methyl sites for hydroxylation is 1. The summed E-state index contributed by atoms with van der Waals surface area (Å²) in [4.78, 5) is 21.7. The van der Waals surface area contributed by atoms with Crippen molar-refractivity contribution in [2.45, 2.75) is 43.7 Å². The number of hydrogen-bond donors (Lipinski definition) is 1. The van der Waals surface area contributed by atoms with Crippen molar-refractivity contribution >= 4 is 17.5 Å². The van der Waals surface area contributed by atoms with Crippen LogP contribution in [0.1, 0.15) is 59.1 Å². The zero-order chi connectivity index (χ0) is 21.4. The highest BCUT2D eigenvalue weighted by molar-refractivity contribution is 6.30. The predicted molar refractivity (Wildman–Crippen MR) is 115 cm³/mol. The topological polar surface area (TPSA) is 64.1 Å². The van der Waals surface area contributed by atoms with Crippen molar-refractivity contribution < 1.29 is 13.9 Å². The van der Waals surface area contributed by atoms with E-state index in [1.165, 1.54) is 24.3 Å². The van der Waals surface area contributed by atoms with Crippen LogP contribution >= 0.6 is 11.6 Å². The fourth-order valence-electron chi connectivity index (χ4n) is 4.09. The monoisotopic (exact) mass is 437 g/mol. The molecule has 5 nitrogen and oxygen atoms in total. The number of aromatic nitrogens is 2. The van der Waals surface area contributed by atoms with Crippen molar-refractivity contribution in [2.75, 3.05) is 0 Å². The summed E-state index contributed by atoms with van der Waals surface area (Å²) in [5, 5.41) is 3.64. The minimum atomic E-state index is -0.453. The summed E-state index contributed by atoms with van der Waals surface area (Å²) in [6, 6.07) is 11.4. The number of amides is 1. The average molecular weight is 438 g/mol. The van der Waals surface area contributed by atoms with Gasteiger partial charge in [-0.3, -0.25) is 14.8 Å². The van der Waals surface area contributed by atoms with E-state index in [9.17, 15) is 9.18 Å². The second-order valence-electron chi connectivity index (χ2n) is 8.11. The lowest BCUT2D eigenvalue weighted by molar-refractivity contribution is 0.0929. The maximum atomic E-state index is 13.2. The molecule has 2 aliphatic carbocycles. The minimum Gasteiger partial charge on any atom is -0.484 e. The first-order chi connectivity index (χ1) is 15.0. The van der Waals surface area contributed by atoms with Crippen LogP contribution < -0.4 is 10.1 Å². The molecule has 1 amide bonds. The van der Waals surface area contributed by atoms with Gasteiger partial charge in [0.2, 0.25) is 0 Å². The maximum Gasteiger partial charge on any atom is 0.252 e. The third kappa shape index (κ3) is 4.12. The summed E-state index contributed by atoms with van der Waals surface area (Å²) in [7, 11) is 0. The van der Waals surface area contributed by atoms with E-state index >= 15 is 0 Å². The van der Waals surface area contributed by atoms with Gasteiger partial charge >= 0.3 is 0 Å². The fraction of sp³-hybridized carbons (Fsp3) is 0.292. The molecule has 31 heavy (non-hydrogen) atoms. The zero-order valence-electron chi connectivity index (χ0n) is 16.8. The normalized spacial score (nSPS) is 18.7. The smallest absolute Gasteiger partial charge is 0.252 e. The van der Waals surface area contributed by atoms with Crippen LogP contribution in [0.4, 0.5) is 4.39 Å². The standard InChI is InChI=1S/C24H21ClFN3O2/c25-16-12-18(14-27-13-16)31-21-3-1-2-20-19(21)8-9-22(28-20)24(10-11-24)29-23(30)15-4-6-17(26)7-5-15/h4-9,12-14,21H,1-3,10-11H2,(H,29,30). The van der Waals surface area contributed by atoms with Crippen molar-refractivity contribution in [3.63, 3.8) is 0 Å². The Hall–Kier alpha value is -2.99. The highest BCUT2D eigenvalue weighted by Gasteiger charge is 2.47. The maximum absolute atomic E-state index is 13.2. The van der Waals surface area contributed by atoms with Gasteiger partial charge in [-0.2, -0.15) is 0 Å². The fourth-order valence-corrected chi connectivity index (χ4v) is 4.25. The third-order valence-corrected chi connectivity index (χ3v) is 6.10. The van der Waals surface area contributed by atoms with Gasteiger partial charge in [0.05, 0.1) is 22.5 Å². The second-order valence-corrected chi connectivity index (χ2v) is 8.55. The van der Waals surface area contributed by atoms with Gasteiger partial charge in [-0.25, -0.2) is 4.39 Å². The van der Waals surface area contributed by atoms with Crippen LogP contribution in [-0.4, -0.2) is 15.9 Å². The molecule has 158 valence electrons. The molecule has 0 spiro atoms. The summed E-state index contributed by atoms with van der Waals surface area (Å²) in [5.74, 6) is 0.0608. The molecule has 2 heterocycles. The average Bonchev–Trinajstić information content (AvgIpc) is 3.55. The predicted octanol–water partition coefficient (Wildman–Crippen LogP) is 5.14. The van der Waals surface area contributed by atoms with E-state index in [1.54, 1.807) is 18.5 Å². The van der Waals surface area contributed by atoms with Gasteiger partial charge in [0, 0.05) is 29.1 Å². The molecule has 0 bridgehead atoms. The first-order valence-corrected chi connectivity index (χ1v) is 10.8. The van der Waals surface area contributed by atoms with Gasteiger partial charge in [0.15, 0.2) is 0 Å². The Kier molecular flexibility index (Phi) is 5.10. The van der Waals surface area contributed by atoms with E-state index < -0.39 is 5.54 Å². The van der Waals surface area contributed by atoms with Crippen LogP contribution in [0.25, 0.3) is 0 Å². The molecule has 1 aromatic carbocycles. The highest BCUT2D eigenvalue weighted by atomic mass is 35.5. The number of nitrogens with one attached hydrogen (secondary N) is 1. The molecule has 1 unspecified atom stereocenters. The summed E-state index contributed by atoms with van der Waals surface area (Å²) >= 11 is 6.03. The number of hydrogen-bond acceptors (Lipinski definition) is 4. The Morgan fingerprint density at radius 2 is 1.97 bits per heavy atom. The van der Waals surface area contributed by atoms with Crippen molar-refractivity contribution in [1.29, 1.82) is 0 Å². The molecule has 2 aliphatic rings. The van der Waals surface area contributed by atoms with Gasteiger partial charge in [-0.1, -0.05) is 17.7 Å². The molecular formula is C24H21ClFN3O2. The number of fused-ring (bicyclic) bond motifs is 1. The number of carbonyl (C=O) groups is 1. The lowest BCUT2D eigenvalue weighted by Gasteiger charge is -2.27. The van der Waals surface area contributed by atoms with Gasteiger partial charge in [0.1, 0.15) is 17.7 Å². The van der Waals surface area contributed by atoms with Crippen molar-refractivity contribution in [1.82, 2.24) is 15.3 Å². The first kappa shape index (κ1) is 19.9. The van der Waals surface area contributed by atoms with Crippen LogP contribution in [0.5, 0.6) is 5.75 Å². The van der Waals surface area contributed by atoms with Crippen LogP contribution in [0, 0.1) is 5.82 Å². The number of carbonyl (C=O) groups excluding carboxylic acids is 1. The molecule has 0 aliphatic heterocycles. The zero-order valence-corrected chi connectivity index (χ0v) is 17.5. The molecule has 3 aromatic rings.